The number of hydrogen-bond donors (Lipinski definition) is 1. The zero-order valence-corrected chi connectivity index (χ0v) is 26.5. The second-order valence-electron chi connectivity index (χ2n) is 11.7. The molecule has 0 unspecified atom stereocenters. The van der Waals surface area contributed by atoms with Crippen LogP contribution in [0.25, 0.3) is 0 Å². The fraction of sp³-hybridized carbons (Fsp3) is 0.355. The van der Waals surface area contributed by atoms with Gasteiger partial charge in [-0.2, -0.15) is 0 Å². The molecular formula is C31H24BrCl3N2O6. The molecule has 7 rings (SSSR count). The number of ether oxygens (including phenoxy) is 1. The number of allylic oxidation sites excluding steroid dienone is 3. The number of halogens is 4. The molecule has 1 saturated carbocycles. The number of nitrogens with zero attached hydrogens (tertiary/aromatic N) is 2. The molecule has 4 amide bonds. The highest BCUT2D eigenvalue weighted by Gasteiger charge is 2.76. The van der Waals surface area contributed by atoms with Crippen LogP contribution in [-0.4, -0.2) is 48.8 Å². The van der Waals surface area contributed by atoms with E-state index in [9.17, 15) is 24.3 Å². The zero-order chi connectivity index (χ0) is 30.6. The van der Waals surface area contributed by atoms with Gasteiger partial charge in [0.1, 0.15) is 11.5 Å². The summed E-state index contributed by atoms with van der Waals surface area (Å²) in [5.41, 5.74) is 2.98. The molecule has 2 aromatic rings. The SMILES string of the molecule is Cc1ccc(N2C(=O)[C@H]3[C@H](CC=C4[C@H](C5=COc6ccc(O)cc6C5)[C@]5(Cl)C(=O)N(CBr)C(=O)[C@]5(Cl)C[C@H]43)C2=O)cc1Cl. The summed E-state index contributed by atoms with van der Waals surface area (Å²) in [6.45, 7) is 1.83. The van der Waals surface area contributed by atoms with Gasteiger partial charge in [-0.15, -0.1) is 23.2 Å². The quantitative estimate of drug-likeness (QED) is 0.193. The molecule has 0 bridgehead atoms. The van der Waals surface area contributed by atoms with Gasteiger partial charge in [-0.25, -0.2) is 4.90 Å². The van der Waals surface area contributed by atoms with Crippen LogP contribution in [0.3, 0.4) is 0 Å². The van der Waals surface area contributed by atoms with Crippen molar-refractivity contribution in [3.8, 4) is 11.5 Å². The molecule has 6 atom stereocenters. The average molecular weight is 707 g/mol. The van der Waals surface area contributed by atoms with Gasteiger partial charge in [-0.1, -0.05) is 45.2 Å². The summed E-state index contributed by atoms with van der Waals surface area (Å²) in [6.07, 6.45) is 3.78. The summed E-state index contributed by atoms with van der Waals surface area (Å²) in [5, 5.41) is 10.6. The van der Waals surface area contributed by atoms with Crippen LogP contribution in [0.5, 0.6) is 11.5 Å². The van der Waals surface area contributed by atoms with Crippen molar-refractivity contribution in [1.29, 1.82) is 0 Å². The molecule has 2 aliphatic carbocycles. The molecule has 0 radical (unpaired) electrons. The minimum absolute atomic E-state index is 0.0427. The van der Waals surface area contributed by atoms with E-state index < -0.39 is 51.1 Å². The van der Waals surface area contributed by atoms with E-state index in [0.29, 0.717) is 33.2 Å². The number of fused-ring (bicyclic) bond motifs is 5. The number of hydrogen-bond acceptors (Lipinski definition) is 6. The third-order valence-corrected chi connectivity index (χ3v) is 11.9. The summed E-state index contributed by atoms with van der Waals surface area (Å²) in [6, 6.07) is 9.74. The maximum atomic E-state index is 14.2. The first-order valence-corrected chi connectivity index (χ1v) is 16.0. The normalized spacial score (nSPS) is 33.0. The number of benzene rings is 2. The Hall–Kier alpha value is -2.85. The van der Waals surface area contributed by atoms with Crippen molar-refractivity contribution in [3.05, 3.63) is 76.0 Å². The lowest BCUT2D eigenvalue weighted by Crippen LogP contribution is -2.61. The van der Waals surface area contributed by atoms with Crippen molar-refractivity contribution < 1.29 is 29.0 Å². The Balaban J connectivity index is 1.36. The molecular weight excluding hydrogens is 683 g/mol. The van der Waals surface area contributed by atoms with Crippen LogP contribution in [0.4, 0.5) is 5.69 Å². The van der Waals surface area contributed by atoms with Gasteiger partial charge < -0.3 is 9.84 Å². The number of rotatable bonds is 3. The van der Waals surface area contributed by atoms with Crippen LogP contribution in [0.1, 0.15) is 24.0 Å². The minimum Gasteiger partial charge on any atom is -0.508 e. The largest absolute Gasteiger partial charge is 0.508 e. The number of likely N-dealkylation sites (tertiary alicyclic amines) is 1. The number of phenolic OH excluding ortho intramolecular Hbond substituents is 1. The van der Waals surface area contributed by atoms with E-state index in [1.165, 1.54) is 17.2 Å². The molecule has 12 heteroatoms. The fourth-order valence-electron chi connectivity index (χ4n) is 7.54. The minimum atomic E-state index is -1.92. The van der Waals surface area contributed by atoms with Crippen molar-refractivity contribution in [3.63, 3.8) is 0 Å². The summed E-state index contributed by atoms with van der Waals surface area (Å²) in [7, 11) is 0. The number of aromatic hydroxyl groups is 1. The Labute approximate surface area is 270 Å². The Bertz CT molecular complexity index is 1730. The van der Waals surface area contributed by atoms with E-state index in [2.05, 4.69) is 15.9 Å². The van der Waals surface area contributed by atoms with E-state index in [1.54, 1.807) is 30.3 Å². The Morgan fingerprint density at radius 2 is 1.81 bits per heavy atom. The predicted octanol–water partition coefficient (Wildman–Crippen LogP) is 5.62. The van der Waals surface area contributed by atoms with Crippen molar-refractivity contribution in [2.75, 3.05) is 10.4 Å². The van der Waals surface area contributed by atoms with Crippen LogP contribution < -0.4 is 9.64 Å². The van der Waals surface area contributed by atoms with Crippen LogP contribution in [0.15, 0.2) is 59.9 Å². The summed E-state index contributed by atoms with van der Waals surface area (Å²) in [4.78, 5) is 54.0. The molecule has 222 valence electrons. The number of carbonyl (C=O) groups excluding carboxylic acids is 4. The molecule has 43 heavy (non-hydrogen) atoms. The second-order valence-corrected chi connectivity index (χ2v) is 13.9. The van der Waals surface area contributed by atoms with E-state index in [0.717, 1.165) is 10.5 Å². The molecule has 3 aliphatic heterocycles. The van der Waals surface area contributed by atoms with Gasteiger partial charge >= 0.3 is 0 Å². The highest BCUT2D eigenvalue weighted by atomic mass is 79.9. The standard InChI is InChI=1S/C31H24BrCl3N2O6/c1-14-2-3-17(10-22(14)33)37-26(39)20-6-5-19-21(24(20)27(37)40)11-30(34)28(41)36(13-32)29(42)31(30,35)25(19)16-8-15-9-18(38)4-7-23(15)43-12-16/h2-5,7,9-10,12,20-21,24-25,38H,6,8,11,13H2,1H3/t20-,21+,24-,25-,30+,31-/m0/s1. The molecule has 2 saturated heterocycles. The summed E-state index contributed by atoms with van der Waals surface area (Å²) < 4.78 is 5.92. The van der Waals surface area contributed by atoms with Crippen LogP contribution in [-0.2, 0) is 25.6 Å². The van der Waals surface area contributed by atoms with Gasteiger partial charge in [0, 0.05) is 22.9 Å². The maximum Gasteiger partial charge on any atom is 0.254 e. The summed E-state index contributed by atoms with van der Waals surface area (Å²) in [5.74, 6) is -4.58. The second kappa shape index (κ2) is 9.83. The fourth-order valence-corrected chi connectivity index (χ4v) is 9.15. The third kappa shape index (κ3) is 3.81. The Kier molecular flexibility index (Phi) is 6.60. The number of alkyl halides is 3. The number of phenols is 1. The van der Waals surface area contributed by atoms with Gasteiger partial charge in [0.15, 0.2) is 9.75 Å². The maximum absolute atomic E-state index is 14.2. The number of amides is 4. The average Bonchev–Trinajstić information content (AvgIpc) is 3.31. The van der Waals surface area contributed by atoms with Gasteiger partial charge in [-0.05, 0) is 67.2 Å². The highest BCUT2D eigenvalue weighted by Crippen LogP contribution is 2.65. The Morgan fingerprint density at radius 3 is 2.53 bits per heavy atom. The van der Waals surface area contributed by atoms with Crippen LogP contribution in [0.2, 0.25) is 5.02 Å². The topological polar surface area (TPSA) is 104 Å². The molecule has 3 heterocycles. The monoisotopic (exact) mass is 704 g/mol. The van der Waals surface area contributed by atoms with Gasteiger partial charge in [0.25, 0.3) is 11.8 Å². The first kappa shape index (κ1) is 28.9. The number of carbonyl (C=O) groups is 4. The van der Waals surface area contributed by atoms with E-state index in [-0.39, 0.29) is 36.4 Å². The highest BCUT2D eigenvalue weighted by molar-refractivity contribution is 9.09. The van der Waals surface area contributed by atoms with Crippen molar-refractivity contribution in [2.45, 2.75) is 35.9 Å². The van der Waals surface area contributed by atoms with Crippen molar-refractivity contribution in [1.82, 2.24) is 4.90 Å². The lowest BCUT2D eigenvalue weighted by Gasteiger charge is -2.51. The third-order valence-electron chi connectivity index (χ3n) is 9.58. The summed E-state index contributed by atoms with van der Waals surface area (Å²) >= 11 is 24.2. The van der Waals surface area contributed by atoms with Crippen LogP contribution in [0, 0.1) is 30.6 Å². The first-order valence-electron chi connectivity index (χ1n) is 13.7. The number of anilines is 1. The van der Waals surface area contributed by atoms with Gasteiger partial charge in [0.05, 0.1) is 29.2 Å². The van der Waals surface area contributed by atoms with E-state index in [4.69, 9.17) is 39.5 Å². The predicted molar refractivity (Wildman–Crippen MR) is 163 cm³/mol. The molecule has 3 fully saturated rings. The molecule has 0 spiro atoms. The van der Waals surface area contributed by atoms with Gasteiger partial charge in [-0.3, -0.25) is 24.1 Å². The van der Waals surface area contributed by atoms with E-state index >= 15 is 0 Å². The van der Waals surface area contributed by atoms with Crippen molar-refractivity contribution >= 4 is 80.0 Å². The van der Waals surface area contributed by atoms with E-state index in [1.807, 2.05) is 13.0 Å². The van der Waals surface area contributed by atoms with Crippen molar-refractivity contribution in [2.24, 2.45) is 23.7 Å². The molecule has 8 nitrogen and oxygen atoms in total. The molecule has 0 aromatic heterocycles. The number of aryl methyl sites for hydroxylation is 1. The molecule has 2 aromatic carbocycles. The first-order chi connectivity index (χ1) is 20.4. The molecule has 5 aliphatic rings. The zero-order valence-electron chi connectivity index (χ0n) is 22.7. The number of imide groups is 2. The lowest BCUT2D eigenvalue weighted by molar-refractivity contribution is -0.138. The van der Waals surface area contributed by atoms with Crippen LogP contribution >= 0.6 is 50.7 Å². The Morgan fingerprint density at radius 1 is 1.05 bits per heavy atom. The molecule has 1 N–H and O–H groups in total. The smallest absolute Gasteiger partial charge is 0.254 e. The van der Waals surface area contributed by atoms with Gasteiger partial charge in [0.2, 0.25) is 11.8 Å². The lowest BCUT2D eigenvalue weighted by atomic mass is 9.56.